The number of halogens is 3. The molecule has 0 bridgehead atoms. The van der Waals surface area contributed by atoms with Crippen LogP contribution in [-0.2, 0) is 6.54 Å². The van der Waals surface area contributed by atoms with E-state index in [4.69, 9.17) is 0 Å². The Morgan fingerprint density at radius 1 is 1.17 bits per heavy atom. The van der Waals surface area contributed by atoms with Crippen molar-refractivity contribution in [2.24, 2.45) is 0 Å². The average molecular weight is 257 g/mol. The molecule has 1 aromatic carbocycles. The third-order valence-corrected chi connectivity index (χ3v) is 2.14. The van der Waals surface area contributed by atoms with Crippen molar-refractivity contribution in [1.82, 2.24) is 14.8 Å². The maximum atomic E-state index is 11.9. The molecule has 0 aliphatic carbocycles. The van der Waals surface area contributed by atoms with Crippen LogP contribution < -0.4 is 4.74 Å². The number of alkyl halides is 3. The van der Waals surface area contributed by atoms with Crippen molar-refractivity contribution < 1.29 is 17.9 Å². The molecule has 0 radical (unpaired) electrons. The van der Waals surface area contributed by atoms with Crippen LogP contribution in [-0.4, -0.2) is 27.5 Å². The molecule has 7 heteroatoms. The second-order valence-electron chi connectivity index (χ2n) is 3.64. The van der Waals surface area contributed by atoms with E-state index < -0.39 is 12.8 Å². The van der Waals surface area contributed by atoms with E-state index in [-0.39, 0.29) is 5.75 Å². The summed E-state index contributed by atoms with van der Waals surface area (Å²) in [5, 5.41) is 3.93. The van der Waals surface area contributed by atoms with Crippen LogP contribution in [0.1, 0.15) is 5.56 Å². The third-order valence-electron chi connectivity index (χ3n) is 2.14. The SMILES string of the molecule is FC(F)(F)COc1ccc(Cn2cncn2)cc1. The van der Waals surface area contributed by atoms with Crippen LogP contribution in [0, 0.1) is 0 Å². The predicted octanol–water partition coefficient (Wildman–Crippen LogP) is 2.27. The first-order valence-electron chi connectivity index (χ1n) is 5.14. The summed E-state index contributed by atoms with van der Waals surface area (Å²) in [6.45, 7) is -0.769. The second-order valence-corrected chi connectivity index (χ2v) is 3.64. The molecule has 96 valence electrons. The predicted molar refractivity (Wildman–Crippen MR) is 57.1 cm³/mol. The first kappa shape index (κ1) is 12.4. The molecular weight excluding hydrogens is 247 g/mol. The summed E-state index contributed by atoms with van der Waals surface area (Å²) in [7, 11) is 0. The summed E-state index contributed by atoms with van der Waals surface area (Å²) < 4.78 is 42.0. The monoisotopic (exact) mass is 257 g/mol. The molecule has 0 saturated carbocycles. The number of hydrogen-bond donors (Lipinski definition) is 0. The summed E-state index contributed by atoms with van der Waals surface area (Å²) >= 11 is 0. The van der Waals surface area contributed by atoms with Crippen molar-refractivity contribution >= 4 is 0 Å². The van der Waals surface area contributed by atoms with Crippen molar-refractivity contribution in [3.8, 4) is 5.75 Å². The topological polar surface area (TPSA) is 39.9 Å². The Bertz CT molecular complexity index is 479. The van der Waals surface area contributed by atoms with Crippen LogP contribution in [0.4, 0.5) is 13.2 Å². The molecule has 0 spiro atoms. The Hall–Kier alpha value is -2.05. The molecular formula is C11H10F3N3O. The van der Waals surface area contributed by atoms with Crippen LogP contribution in [0.5, 0.6) is 5.75 Å². The Morgan fingerprint density at radius 3 is 2.44 bits per heavy atom. The summed E-state index contributed by atoms with van der Waals surface area (Å²) in [4.78, 5) is 3.79. The van der Waals surface area contributed by atoms with Gasteiger partial charge in [-0.05, 0) is 17.7 Å². The van der Waals surface area contributed by atoms with E-state index in [0.717, 1.165) is 5.56 Å². The molecule has 0 aliphatic rings. The fraction of sp³-hybridized carbons (Fsp3) is 0.273. The number of benzene rings is 1. The van der Waals surface area contributed by atoms with Crippen molar-refractivity contribution in [3.63, 3.8) is 0 Å². The molecule has 0 saturated heterocycles. The number of rotatable bonds is 4. The summed E-state index contributed by atoms with van der Waals surface area (Å²) in [5.74, 6) is 0.190. The minimum Gasteiger partial charge on any atom is -0.484 e. The minimum atomic E-state index is -4.32. The van der Waals surface area contributed by atoms with Crippen LogP contribution in [0.25, 0.3) is 0 Å². The van der Waals surface area contributed by atoms with Gasteiger partial charge in [0.05, 0.1) is 6.54 Å². The van der Waals surface area contributed by atoms with Crippen molar-refractivity contribution in [1.29, 1.82) is 0 Å². The Kier molecular flexibility index (Phi) is 3.50. The highest BCUT2D eigenvalue weighted by Gasteiger charge is 2.28. The minimum absolute atomic E-state index is 0.190. The molecule has 0 unspecified atom stereocenters. The van der Waals surface area contributed by atoms with Gasteiger partial charge < -0.3 is 4.74 Å². The van der Waals surface area contributed by atoms with Gasteiger partial charge in [-0.15, -0.1) is 0 Å². The lowest BCUT2D eigenvalue weighted by molar-refractivity contribution is -0.153. The molecule has 4 nitrogen and oxygen atoms in total. The molecule has 0 amide bonds. The maximum Gasteiger partial charge on any atom is 0.422 e. The highest BCUT2D eigenvalue weighted by Crippen LogP contribution is 2.18. The lowest BCUT2D eigenvalue weighted by Gasteiger charge is -2.09. The lowest BCUT2D eigenvalue weighted by Crippen LogP contribution is -2.19. The molecule has 1 aromatic heterocycles. The molecule has 2 aromatic rings. The van der Waals surface area contributed by atoms with Gasteiger partial charge in [0.2, 0.25) is 0 Å². The van der Waals surface area contributed by atoms with Gasteiger partial charge in [-0.25, -0.2) is 9.67 Å². The summed E-state index contributed by atoms with van der Waals surface area (Å²) in [6, 6.07) is 6.37. The smallest absolute Gasteiger partial charge is 0.422 e. The highest BCUT2D eigenvalue weighted by molar-refractivity contribution is 5.27. The van der Waals surface area contributed by atoms with Gasteiger partial charge in [-0.1, -0.05) is 12.1 Å². The highest BCUT2D eigenvalue weighted by atomic mass is 19.4. The van der Waals surface area contributed by atoms with Crippen molar-refractivity contribution in [2.45, 2.75) is 12.7 Å². The van der Waals surface area contributed by atoms with Crippen LogP contribution in [0.3, 0.4) is 0 Å². The number of hydrogen-bond acceptors (Lipinski definition) is 3. The average Bonchev–Trinajstić information content (AvgIpc) is 2.80. The van der Waals surface area contributed by atoms with E-state index in [2.05, 4.69) is 14.8 Å². The molecule has 0 aliphatic heterocycles. The van der Waals surface area contributed by atoms with Crippen LogP contribution in [0.2, 0.25) is 0 Å². The number of nitrogens with zero attached hydrogens (tertiary/aromatic N) is 3. The largest absolute Gasteiger partial charge is 0.484 e. The zero-order chi connectivity index (χ0) is 13.0. The maximum absolute atomic E-state index is 11.9. The van der Waals surface area contributed by atoms with E-state index in [9.17, 15) is 13.2 Å². The molecule has 0 N–H and O–H groups in total. The Balaban J connectivity index is 1.93. The Labute approximate surface area is 101 Å². The van der Waals surface area contributed by atoms with Gasteiger partial charge in [-0.3, -0.25) is 0 Å². The molecule has 18 heavy (non-hydrogen) atoms. The van der Waals surface area contributed by atoms with Gasteiger partial charge in [0.25, 0.3) is 0 Å². The summed E-state index contributed by atoms with van der Waals surface area (Å²) in [5.41, 5.74) is 0.903. The third kappa shape index (κ3) is 3.76. The van der Waals surface area contributed by atoms with E-state index in [1.165, 1.54) is 18.5 Å². The molecule has 0 fully saturated rings. The van der Waals surface area contributed by atoms with Crippen molar-refractivity contribution in [2.75, 3.05) is 6.61 Å². The van der Waals surface area contributed by atoms with Crippen LogP contribution >= 0.6 is 0 Å². The lowest BCUT2D eigenvalue weighted by atomic mass is 10.2. The first-order valence-corrected chi connectivity index (χ1v) is 5.14. The normalized spacial score (nSPS) is 11.5. The second kappa shape index (κ2) is 5.07. The molecule has 2 rings (SSSR count). The van der Waals surface area contributed by atoms with Gasteiger partial charge in [0, 0.05) is 0 Å². The van der Waals surface area contributed by atoms with Gasteiger partial charge in [-0.2, -0.15) is 18.3 Å². The van der Waals surface area contributed by atoms with Gasteiger partial charge in [0.1, 0.15) is 18.4 Å². The summed E-state index contributed by atoms with van der Waals surface area (Å²) in [6.07, 6.45) is -1.34. The number of aromatic nitrogens is 3. The fourth-order valence-corrected chi connectivity index (χ4v) is 1.36. The van der Waals surface area contributed by atoms with E-state index in [0.29, 0.717) is 6.54 Å². The number of ether oxygens (including phenoxy) is 1. The standard InChI is InChI=1S/C11H10F3N3O/c12-11(13,14)6-18-10-3-1-9(2-4-10)5-17-8-15-7-16-17/h1-4,7-8H,5-6H2. The molecule has 1 heterocycles. The van der Waals surface area contributed by atoms with Crippen molar-refractivity contribution in [3.05, 3.63) is 42.5 Å². The van der Waals surface area contributed by atoms with Crippen LogP contribution in [0.15, 0.2) is 36.9 Å². The zero-order valence-electron chi connectivity index (χ0n) is 9.26. The van der Waals surface area contributed by atoms with E-state index >= 15 is 0 Å². The van der Waals surface area contributed by atoms with Gasteiger partial charge in [0.15, 0.2) is 6.61 Å². The Morgan fingerprint density at radius 2 is 1.89 bits per heavy atom. The van der Waals surface area contributed by atoms with Gasteiger partial charge >= 0.3 is 6.18 Å². The molecule has 0 atom stereocenters. The van der Waals surface area contributed by atoms with E-state index in [1.54, 1.807) is 23.1 Å². The fourth-order valence-electron chi connectivity index (χ4n) is 1.36. The zero-order valence-corrected chi connectivity index (χ0v) is 9.26. The van der Waals surface area contributed by atoms with E-state index in [1.807, 2.05) is 0 Å². The first-order chi connectivity index (χ1) is 8.53. The quantitative estimate of drug-likeness (QED) is 0.843.